The monoisotopic (exact) mass is 323 g/mol. The number of carbonyl (C=O) groups excluding carboxylic acids is 1. The van der Waals surface area contributed by atoms with Crippen molar-refractivity contribution < 1.29 is 14.3 Å². The lowest BCUT2D eigenvalue weighted by Gasteiger charge is -2.29. The molecule has 0 saturated carbocycles. The summed E-state index contributed by atoms with van der Waals surface area (Å²) in [5, 5.41) is 3.00. The molecular weight excluding hydrogens is 302 g/mol. The summed E-state index contributed by atoms with van der Waals surface area (Å²) in [6, 6.07) is 12.3. The molecule has 124 valence electrons. The van der Waals surface area contributed by atoms with E-state index in [4.69, 9.17) is 9.47 Å². The third-order valence-corrected chi connectivity index (χ3v) is 4.76. The van der Waals surface area contributed by atoms with Crippen LogP contribution in [0.5, 0.6) is 11.5 Å². The number of nitrogens with one attached hydrogen (secondary N) is 1. The summed E-state index contributed by atoms with van der Waals surface area (Å²) in [5.74, 6) is 1.61. The first-order chi connectivity index (χ1) is 11.4. The van der Waals surface area contributed by atoms with E-state index in [1.165, 1.54) is 11.1 Å². The number of fused-ring (bicyclic) bond motifs is 2. The molecule has 24 heavy (non-hydrogen) atoms. The third-order valence-electron chi connectivity index (χ3n) is 4.76. The second-order valence-electron chi connectivity index (χ2n) is 7.47. The Bertz CT molecular complexity index is 820. The smallest absolute Gasteiger partial charge is 0.231 e. The Morgan fingerprint density at radius 3 is 2.62 bits per heavy atom. The minimum Gasteiger partial charge on any atom is -0.454 e. The first kappa shape index (κ1) is 15.1. The van der Waals surface area contributed by atoms with Gasteiger partial charge in [-0.3, -0.25) is 4.79 Å². The molecule has 2 aromatic carbocycles. The highest BCUT2D eigenvalue weighted by molar-refractivity contribution is 5.95. The summed E-state index contributed by atoms with van der Waals surface area (Å²) in [6.45, 7) is 6.86. The molecular formula is C20H21NO3. The van der Waals surface area contributed by atoms with Gasteiger partial charge in [0.15, 0.2) is 11.5 Å². The third kappa shape index (κ3) is 2.52. The lowest BCUT2D eigenvalue weighted by Crippen LogP contribution is -2.24. The van der Waals surface area contributed by atoms with Gasteiger partial charge in [-0.05, 0) is 40.3 Å². The molecule has 2 aliphatic heterocycles. The molecule has 0 fully saturated rings. The summed E-state index contributed by atoms with van der Waals surface area (Å²) >= 11 is 0. The van der Waals surface area contributed by atoms with E-state index < -0.39 is 0 Å². The first-order valence-corrected chi connectivity index (χ1v) is 8.25. The Labute approximate surface area is 141 Å². The van der Waals surface area contributed by atoms with Crippen LogP contribution in [0.4, 0.5) is 5.69 Å². The second-order valence-corrected chi connectivity index (χ2v) is 7.47. The summed E-state index contributed by atoms with van der Waals surface area (Å²) in [6.07, 6.45) is 0.445. The molecule has 1 unspecified atom stereocenters. The summed E-state index contributed by atoms with van der Waals surface area (Å²) in [5.41, 5.74) is 4.49. The summed E-state index contributed by atoms with van der Waals surface area (Å²) in [4.78, 5) is 12.2. The highest BCUT2D eigenvalue weighted by Crippen LogP contribution is 2.42. The van der Waals surface area contributed by atoms with Crippen molar-refractivity contribution in [2.45, 2.75) is 38.5 Å². The van der Waals surface area contributed by atoms with Crippen molar-refractivity contribution in [3.63, 3.8) is 0 Å². The van der Waals surface area contributed by atoms with E-state index in [0.717, 1.165) is 22.7 Å². The van der Waals surface area contributed by atoms with Crippen LogP contribution in [0.1, 0.15) is 49.8 Å². The normalized spacial score (nSPS) is 19.0. The molecule has 2 heterocycles. The highest BCUT2D eigenvalue weighted by Gasteiger charge is 2.29. The summed E-state index contributed by atoms with van der Waals surface area (Å²) < 4.78 is 10.9. The first-order valence-electron chi connectivity index (χ1n) is 8.25. The van der Waals surface area contributed by atoms with Gasteiger partial charge in [-0.1, -0.05) is 39.0 Å². The van der Waals surface area contributed by atoms with Crippen LogP contribution >= 0.6 is 0 Å². The number of rotatable bonds is 1. The Balaban J connectivity index is 1.81. The standard InChI is InChI=1S/C20H21NO3/c1-20(2,3)13-5-6-16-15(9-13)14(10-19(22)21-16)12-4-7-17-18(8-12)24-11-23-17/h4-9,14H,10-11H2,1-3H3,(H,21,22). The molecule has 4 heteroatoms. The fraction of sp³-hybridized carbons (Fsp3) is 0.350. The fourth-order valence-electron chi connectivity index (χ4n) is 3.36. The quantitative estimate of drug-likeness (QED) is 0.856. The van der Waals surface area contributed by atoms with Gasteiger partial charge in [-0.25, -0.2) is 0 Å². The molecule has 4 rings (SSSR count). The van der Waals surface area contributed by atoms with Gasteiger partial charge in [0.1, 0.15) is 0 Å². The molecule has 4 nitrogen and oxygen atoms in total. The van der Waals surface area contributed by atoms with Crippen LogP contribution < -0.4 is 14.8 Å². The molecule has 0 aromatic heterocycles. The van der Waals surface area contributed by atoms with Crippen molar-refractivity contribution in [3.05, 3.63) is 53.1 Å². The molecule has 0 radical (unpaired) electrons. The van der Waals surface area contributed by atoms with Crippen LogP contribution in [-0.4, -0.2) is 12.7 Å². The van der Waals surface area contributed by atoms with Gasteiger partial charge in [0.05, 0.1) is 0 Å². The second kappa shape index (κ2) is 5.26. The number of hydrogen-bond acceptors (Lipinski definition) is 3. The van der Waals surface area contributed by atoms with Gasteiger partial charge < -0.3 is 14.8 Å². The van der Waals surface area contributed by atoms with Gasteiger partial charge in [-0.2, -0.15) is 0 Å². The van der Waals surface area contributed by atoms with Crippen LogP contribution in [0.25, 0.3) is 0 Å². The number of benzene rings is 2. The lowest BCUT2D eigenvalue weighted by atomic mass is 9.80. The van der Waals surface area contributed by atoms with Crippen molar-refractivity contribution in [2.24, 2.45) is 0 Å². The molecule has 0 aliphatic carbocycles. The Morgan fingerprint density at radius 2 is 1.83 bits per heavy atom. The Morgan fingerprint density at radius 1 is 1.04 bits per heavy atom. The van der Waals surface area contributed by atoms with Gasteiger partial charge in [0, 0.05) is 18.0 Å². The average Bonchev–Trinajstić information content (AvgIpc) is 3.00. The van der Waals surface area contributed by atoms with Crippen LogP contribution in [-0.2, 0) is 10.2 Å². The van der Waals surface area contributed by atoms with E-state index >= 15 is 0 Å². The van der Waals surface area contributed by atoms with Gasteiger partial charge in [0.2, 0.25) is 12.7 Å². The minimum atomic E-state index is 0.0329. The topological polar surface area (TPSA) is 47.6 Å². The molecule has 1 N–H and O–H groups in total. The molecule has 2 aliphatic rings. The molecule has 0 spiro atoms. The number of anilines is 1. The van der Waals surface area contributed by atoms with Gasteiger partial charge >= 0.3 is 0 Å². The number of hydrogen-bond donors (Lipinski definition) is 1. The van der Waals surface area contributed by atoms with E-state index in [0.29, 0.717) is 6.42 Å². The molecule has 1 amide bonds. The van der Waals surface area contributed by atoms with Crippen LogP contribution in [0.2, 0.25) is 0 Å². The Kier molecular flexibility index (Phi) is 3.30. The predicted octanol–water partition coefficient (Wildman–Crippen LogP) is 4.19. The molecule has 0 saturated heterocycles. The van der Waals surface area contributed by atoms with E-state index in [9.17, 15) is 4.79 Å². The molecule has 1 atom stereocenters. The zero-order valence-corrected chi connectivity index (χ0v) is 14.2. The maximum Gasteiger partial charge on any atom is 0.231 e. The maximum atomic E-state index is 12.2. The molecule has 2 aromatic rings. The number of carbonyl (C=O) groups is 1. The van der Waals surface area contributed by atoms with E-state index in [-0.39, 0.29) is 24.0 Å². The van der Waals surface area contributed by atoms with E-state index in [2.05, 4.69) is 38.2 Å². The van der Waals surface area contributed by atoms with Crippen LogP contribution in [0.3, 0.4) is 0 Å². The fourth-order valence-corrected chi connectivity index (χ4v) is 3.36. The number of amides is 1. The molecule has 0 bridgehead atoms. The van der Waals surface area contributed by atoms with E-state index in [1.807, 2.05) is 24.3 Å². The summed E-state index contributed by atoms with van der Waals surface area (Å²) in [7, 11) is 0. The largest absolute Gasteiger partial charge is 0.454 e. The zero-order chi connectivity index (χ0) is 16.9. The van der Waals surface area contributed by atoms with Gasteiger partial charge in [-0.15, -0.1) is 0 Å². The van der Waals surface area contributed by atoms with E-state index in [1.54, 1.807) is 0 Å². The van der Waals surface area contributed by atoms with Crippen molar-refractivity contribution in [3.8, 4) is 11.5 Å². The average molecular weight is 323 g/mol. The van der Waals surface area contributed by atoms with Crippen molar-refractivity contribution in [2.75, 3.05) is 12.1 Å². The van der Waals surface area contributed by atoms with Crippen molar-refractivity contribution in [1.29, 1.82) is 0 Å². The van der Waals surface area contributed by atoms with Crippen molar-refractivity contribution >= 4 is 11.6 Å². The van der Waals surface area contributed by atoms with Crippen LogP contribution in [0, 0.1) is 0 Å². The minimum absolute atomic E-state index is 0.0329. The zero-order valence-electron chi connectivity index (χ0n) is 14.2. The maximum absolute atomic E-state index is 12.2. The predicted molar refractivity (Wildman–Crippen MR) is 92.8 cm³/mol. The lowest BCUT2D eigenvalue weighted by molar-refractivity contribution is -0.116. The van der Waals surface area contributed by atoms with Crippen molar-refractivity contribution in [1.82, 2.24) is 0 Å². The highest BCUT2D eigenvalue weighted by atomic mass is 16.7. The van der Waals surface area contributed by atoms with Crippen LogP contribution in [0.15, 0.2) is 36.4 Å². The SMILES string of the molecule is CC(C)(C)c1ccc2c(c1)C(c1ccc3c(c1)OCO3)CC(=O)N2. The number of ether oxygens (including phenoxy) is 2. The van der Waals surface area contributed by atoms with Gasteiger partial charge in [0.25, 0.3) is 0 Å². The Hall–Kier alpha value is -2.49.